The van der Waals surface area contributed by atoms with Crippen LogP contribution in [0.1, 0.15) is 13.8 Å². The number of thioether (sulfide) groups is 1. The van der Waals surface area contributed by atoms with Crippen molar-refractivity contribution in [3.8, 4) is 0 Å². The van der Waals surface area contributed by atoms with Gasteiger partial charge in [-0.05, 0) is 12.8 Å². The van der Waals surface area contributed by atoms with Crippen molar-refractivity contribution in [3.63, 3.8) is 0 Å². The number of carbonyl (C=O) groups excluding carboxylic acids is 1. The van der Waals surface area contributed by atoms with Gasteiger partial charge in [0.05, 0.1) is 13.2 Å². The normalized spacial score (nSPS) is 31.2. The van der Waals surface area contributed by atoms with Crippen LogP contribution < -0.4 is 5.32 Å². The molecule has 2 atom stereocenters. The molecule has 2 unspecified atom stereocenters. The van der Waals surface area contributed by atoms with Crippen LogP contribution in [0, 0.1) is 5.92 Å². The maximum absolute atomic E-state index is 11.9. The van der Waals surface area contributed by atoms with E-state index in [4.69, 9.17) is 4.74 Å². The molecule has 0 aromatic rings. The zero-order valence-electron chi connectivity index (χ0n) is 11.0. The Labute approximate surface area is 112 Å². The van der Waals surface area contributed by atoms with Crippen molar-refractivity contribution in [1.29, 1.82) is 0 Å². The second kappa shape index (κ2) is 6.43. The third-order valence-electron chi connectivity index (χ3n) is 3.41. The number of morpholine rings is 1. The Balaban J connectivity index is 1.80. The molecule has 1 N–H and O–H groups in total. The van der Waals surface area contributed by atoms with Crippen LogP contribution in [-0.4, -0.2) is 60.6 Å². The highest BCUT2D eigenvalue weighted by Crippen LogP contribution is 2.19. The highest BCUT2D eigenvalue weighted by atomic mass is 32.2. The fourth-order valence-corrected chi connectivity index (χ4v) is 3.01. The molecule has 2 aliphatic rings. The maximum atomic E-state index is 11.9. The van der Waals surface area contributed by atoms with Crippen LogP contribution in [0.4, 0.5) is 0 Å². The molecule has 0 aliphatic carbocycles. The fraction of sp³-hybridized carbons (Fsp3) is 0.833. The van der Waals surface area contributed by atoms with E-state index in [2.05, 4.69) is 24.2 Å². The van der Waals surface area contributed by atoms with E-state index in [1.165, 1.54) is 0 Å². The van der Waals surface area contributed by atoms with Gasteiger partial charge in [-0.3, -0.25) is 9.79 Å². The zero-order valence-corrected chi connectivity index (χ0v) is 11.8. The van der Waals surface area contributed by atoms with E-state index in [0.717, 1.165) is 10.9 Å². The lowest BCUT2D eigenvalue weighted by molar-refractivity contribution is -0.133. The molecule has 0 spiro atoms. The second-order valence-corrected chi connectivity index (χ2v) is 5.84. The van der Waals surface area contributed by atoms with Crippen LogP contribution in [-0.2, 0) is 9.53 Å². The summed E-state index contributed by atoms with van der Waals surface area (Å²) < 4.78 is 5.22. The molecule has 18 heavy (non-hydrogen) atoms. The van der Waals surface area contributed by atoms with Crippen molar-refractivity contribution in [2.75, 3.05) is 38.6 Å². The monoisotopic (exact) mass is 271 g/mol. The van der Waals surface area contributed by atoms with Crippen LogP contribution in [0.5, 0.6) is 0 Å². The first-order valence-electron chi connectivity index (χ1n) is 6.46. The van der Waals surface area contributed by atoms with Gasteiger partial charge in [-0.25, -0.2) is 0 Å². The van der Waals surface area contributed by atoms with Gasteiger partial charge in [0, 0.05) is 24.9 Å². The van der Waals surface area contributed by atoms with Crippen molar-refractivity contribution < 1.29 is 9.53 Å². The van der Waals surface area contributed by atoms with Crippen molar-refractivity contribution in [3.05, 3.63) is 0 Å². The number of hydrogen-bond acceptors (Lipinski definition) is 4. The zero-order chi connectivity index (χ0) is 13.0. The molecule has 1 amide bonds. The summed E-state index contributed by atoms with van der Waals surface area (Å²) in [6.07, 6.45) is 0. The van der Waals surface area contributed by atoms with E-state index in [0.29, 0.717) is 38.3 Å². The molecule has 0 bridgehead atoms. The highest BCUT2D eigenvalue weighted by molar-refractivity contribution is 8.13. The largest absolute Gasteiger partial charge is 0.378 e. The van der Waals surface area contributed by atoms with Gasteiger partial charge in [0.25, 0.3) is 0 Å². The summed E-state index contributed by atoms with van der Waals surface area (Å²) in [5.41, 5.74) is 0. The maximum Gasteiger partial charge on any atom is 0.244 e. The molecule has 0 radical (unpaired) electrons. The number of rotatable bonds is 2. The van der Waals surface area contributed by atoms with Crippen LogP contribution in [0.3, 0.4) is 0 Å². The Morgan fingerprint density at radius 1 is 1.50 bits per heavy atom. The topological polar surface area (TPSA) is 53.9 Å². The molecule has 2 aliphatic heterocycles. The number of amides is 1. The molecular weight excluding hydrogens is 250 g/mol. The van der Waals surface area contributed by atoms with Gasteiger partial charge in [-0.1, -0.05) is 18.7 Å². The number of hydrogen-bond donors (Lipinski definition) is 1. The van der Waals surface area contributed by atoms with Gasteiger partial charge in [0.15, 0.2) is 5.17 Å². The van der Waals surface area contributed by atoms with Crippen molar-refractivity contribution in [2.24, 2.45) is 10.9 Å². The van der Waals surface area contributed by atoms with E-state index in [1.54, 1.807) is 11.8 Å². The van der Waals surface area contributed by atoms with Crippen molar-refractivity contribution in [2.45, 2.75) is 19.9 Å². The molecule has 2 rings (SSSR count). The van der Waals surface area contributed by atoms with Gasteiger partial charge < -0.3 is 15.0 Å². The Morgan fingerprint density at radius 3 is 2.89 bits per heavy atom. The predicted octanol–water partition coefficient (Wildman–Crippen LogP) is 0.562. The van der Waals surface area contributed by atoms with Gasteiger partial charge >= 0.3 is 0 Å². The van der Waals surface area contributed by atoms with Crippen LogP contribution in [0.25, 0.3) is 0 Å². The summed E-state index contributed by atoms with van der Waals surface area (Å²) >= 11 is 1.71. The standard InChI is InChI=1S/C12H21N3O2S/c1-9-8-18-12(14-10(9)2)13-7-11(16)15-3-5-17-6-4-15/h9-10H,3-8H2,1-2H3,(H,13,14). The fourth-order valence-electron chi connectivity index (χ4n) is 1.88. The van der Waals surface area contributed by atoms with Gasteiger partial charge in [-0.15, -0.1) is 0 Å². The number of nitrogens with zero attached hydrogens (tertiary/aromatic N) is 2. The third-order valence-corrected chi connectivity index (χ3v) is 4.62. The van der Waals surface area contributed by atoms with Gasteiger partial charge in [0.2, 0.25) is 5.91 Å². The Morgan fingerprint density at radius 2 is 2.22 bits per heavy atom. The van der Waals surface area contributed by atoms with E-state index >= 15 is 0 Å². The number of carbonyl (C=O) groups is 1. The Kier molecular flexibility index (Phi) is 4.88. The van der Waals surface area contributed by atoms with E-state index in [1.807, 2.05) is 4.90 Å². The quantitative estimate of drug-likeness (QED) is 0.797. The molecular formula is C12H21N3O2S. The number of aliphatic imine (C=N–C) groups is 1. The lowest BCUT2D eigenvalue weighted by atomic mass is 10.1. The average Bonchev–Trinajstić information content (AvgIpc) is 2.41. The first kappa shape index (κ1) is 13.7. The molecule has 6 heteroatoms. The molecule has 0 saturated carbocycles. The Hall–Kier alpha value is -0.750. The minimum Gasteiger partial charge on any atom is -0.378 e. The van der Waals surface area contributed by atoms with Crippen molar-refractivity contribution >= 4 is 22.8 Å². The van der Waals surface area contributed by atoms with Crippen LogP contribution >= 0.6 is 11.8 Å². The lowest BCUT2D eigenvalue weighted by Gasteiger charge is -2.29. The number of nitrogens with one attached hydrogen (secondary N) is 1. The van der Waals surface area contributed by atoms with E-state index in [-0.39, 0.29) is 12.5 Å². The average molecular weight is 271 g/mol. The minimum atomic E-state index is 0.0967. The lowest BCUT2D eigenvalue weighted by Crippen LogP contribution is -2.43. The van der Waals surface area contributed by atoms with E-state index in [9.17, 15) is 4.79 Å². The van der Waals surface area contributed by atoms with Crippen LogP contribution in [0.2, 0.25) is 0 Å². The van der Waals surface area contributed by atoms with E-state index < -0.39 is 0 Å². The SMILES string of the molecule is CC1CSC(=NCC(=O)N2CCOCC2)NC1C. The van der Waals surface area contributed by atoms with Crippen LogP contribution in [0.15, 0.2) is 4.99 Å². The molecule has 0 aromatic heterocycles. The summed E-state index contributed by atoms with van der Waals surface area (Å²) in [6, 6.07) is 0.434. The predicted molar refractivity (Wildman–Crippen MR) is 73.9 cm³/mol. The smallest absolute Gasteiger partial charge is 0.244 e. The molecule has 0 aromatic carbocycles. The third kappa shape index (κ3) is 3.62. The number of ether oxygens (including phenoxy) is 1. The minimum absolute atomic E-state index is 0.0967. The van der Waals surface area contributed by atoms with Gasteiger partial charge in [-0.2, -0.15) is 0 Å². The molecule has 2 saturated heterocycles. The molecule has 2 fully saturated rings. The summed E-state index contributed by atoms with van der Waals surface area (Å²) in [7, 11) is 0. The second-order valence-electron chi connectivity index (χ2n) is 4.84. The summed E-state index contributed by atoms with van der Waals surface area (Å²) in [5.74, 6) is 1.81. The summed E-state index contributed by atoms with van der Waals surface area (Å²) in [5, 5.41) is 4.25. The summed E-state index contributed by atoms with van der Waals surface area (Å²) in [4.78, 5) is 18.1. The van der Waals surface area contributed by atoms with Crippen molar-refractivity contribution in [1.82, 2.24) is 10.2 Å². The number of amidine groups is 1. The highest BCUT2D eigenvalue weighted by Gasteiger charge is 2.21. The molecule has 5 nitrogen and oxygen atoms in total. The first-order chi connectivity index (χ1) is 8.66. The van der Waals surface area contributed by atoms with Gasteiger partial charge in [0.1, 0.15) is 6.54 Å². The molecule has 2 heterocycles. The summed E-state index contributed by atoms with van der Waals surface area (Å²) in [6.45, 7) is 7.30. The first-order valence-corrected chi connectivity index (χ1v) is 7.44. The molecule has 102 valence electrons. The Bertz CT molecular complexity index is 329.